The van der Waals surface area contributed by atoms with Crippen molar-refractivity contribution in [2.45, 2.75) is 6.92 Å². The van der Waals surface area contributed by atoms with E-state index in [2.05, 4.69) is 10.4 Å². The molecular weight excluding hydrogens is 282 g/mol. The van der Waals surface area contributed by atoms with Crippen LogP contribution in [-0.2, 0) is 7.05 Å². The first-order valence-electron chi connectivity index (χ1n) is 5.73. The van der Waals surface area contributed by atoms with Gasteiger partial charge in [0.15, 0.2) is 5.69 Å². The highest BCUT2D eigenvalue weighted by atomic mass is 35.5. The minimum absolute atomic E-state index is 0.139. The third kappa shape index (κ3) is 2.80. The lowest BCUT2D eigenvalue weighted by Crippen LogP contribution is -2.17. The summed E-state index contributed by atoms with van der Waals surface area (Å²) in [5.74, 6) is -1.79. The number of nitrogens with zero attached hydrogens (tertiary/aromatic N) is 2. The second kappa shape index (κ2) is 5.34. The standard InChI is InChI=1S/C13H12ClN3O3/c1-7-3-4-8(14)5-10(7)15-12(18)11-9(13(19)20)6-17(2)16-11/h3-6H,1-2H3,(H,15,18)(H,19,20). The SMILES string of the molecule is Cc1ccc(Cl)cc1NC(=O)c1nn(C)cc1C(=O)O. The number of carbonyl (C=O) groups excluding carboxylic acids is 1. The first kappa shape index (κ1) is 14.1. The molecule has 1 aromatic carbocycles. The quantitative estimate of drug-likeness (QED) is 0.909. The summed E-state index contributed by atoms with van der Waals surface area (Å²) in [5.41, 5.74) is 1.05. The smallest absolute Gasteiger partial charge is 0.339 e. The van der Waals surface area contributed by atoms with Gasteiger partial charge in [-0.25, -0.2) is 4.79 Å². The molecule has 0 unspecified atom stereocenters. The Hall–Kier alpha value is -2.34. The Bertz CT molecular complexity index is 694. The van der Waals surface area contributed by atoms with Crippen LogP contribution in [0.15, 0.2) is 24.4 Å². The molecule has 2 aromatic rings. The van der Waals surface area contributed by atoms with E-state index in [1.54, 1.807) is 25.2 Å². The molecule has 0 aliphatic rings. The number of aromatic nitrogens is 2. The van der Waals surface area contributed by atoms with E-state index in [1.165, 1.54) is 10.9 Å². The molecule has 1 aromatic heterocycles. The van der Waals surface area contributed by atoms with Gasteiger partial charge in [-0.2, -0.15) is 5.10 Å². The number of rotatable bonds is 3. The number of carbonyl (C=O) groups is 2. The molecule has 20 heavy (non-hydrogen) atoms. The molecule has 0 aliphatic heterocycles. The second-order valence-electron chi connectivity index (χ2n) is 4.28. The van der Waals surface area contributed by atoms with Gasteiger partial charge in [-0.1, -0.05) is 17.7 Å². The Kier molecular flexibility index (Phi) is 3.76. The summed E-state index contributed by atoms with van der Waals surface area (Å²) < 4.78 is 1.28. The molecule has 2 rings (SSSR count). The number of anilines is 1. The molecule has 1 amide bonds. The van der Waals surface area contributed by atoms with Crippen LogP contribution in [0.3, 0.4) is 0 Å². The predicted molar refractivity (Wildman–Crippen MR) is 74.3 cm³/mol. The van der Waals surface area contributed by atoms with Gasteiger partial charge in [0.25, 0.3) is 5.91 Å². The third-order valence-corrected chi connectivity index (χ3v) is 2.96. The number of nitrogens with one attached hydrogen (secondary N) is 1. The van der Waals surface area contributed by atoms with Crippen molar-refractivity contribution in [3.05, 3.63) is 46.2 Å². The fourth-order valence-corrected chi connectivity index (χ4v) is 1.90. The largest absolute Gasteiger partial charge is 0.478 e. The summed E-state index contributed by atoms with van der Waals surface area (Å²) in [5, 5.41) is 16.0. The van der Waals surface area contributed by atoms with Crippen LogP contribution in [0.5, 0.6) is 0 Å². The van der Waals surface area contributed by atoms with Crippen molar-refractivity contribution in [1.29, 1.82) is 0 Å². The van der Waals surface area contributed by atoms with E-state index in [4.69, 9.17) is 16.7 Å². The van der Waals surface area contributed by atoms with Gasteiger partial charge < -0.3 is 10.4 Å². The lowest BCUT2D eigenvalue weighted by atomic mass is 10.2. The van der Waals surface area contributed by atoms with Gasteiger partial charge >= 0.3 is 5.97 Å². The Morgan fingerprint density at radius 2 is 2.10 bits per heavy atom. The highest BCUT2D eigenvalue weighted by molar-refractivity contribution is 6.31. The second-order valence-corrected chi connectivity index (χ2v) is 4.72. The van der Waals surface area contributed by atoms with Crippen LogP contribution >= 0.6 is 11.6 Å². The maximum Gasteiger partial charge on any atom is 0.339 e. The Morgan fingerprint density at radius 3 is 2.75 bits per heavy atom. The van der Waals surface area contributed by atoms with Crippen LogP contribution < -0.4 is 5.32 Å². The summed E-state index contributed by atoms with van der Waals surface area (Å²) >= 11 is 5.87. The summed E-state index contributed by atoms with van der Waals surface area (Å²) in [7, 11) is 1.55. The average molecular weight is 294 g/mol. The zero-order valence-electron chi connectivity index (χ0n) is 10.8. The number of carboxylic acids is 1. The van der Waals surface area contributed by atoms with Crippen molar-refractivity contribution >= 4 is 29.2 Å². The Balaban J connectivity index is 2.33. The summed E-state index contributed by atoms with van der Waals surface area (Å²) in [6.45, 7) is 1.81. The predicted octanol–water partition coefficient (Wildman–Crippen LogP) is 2.33. The van der Waals surface area contributed by atoms with E-state index in [0.29, 0.717) is 10.7 Å². The first-order chi connectivity index (χ1) is 9.38. The summed E-state index contributed by atoms with van der Waals surface area (Å²) in [4.78, 5) is 23.2. The number of amides is 1. The molecule has 6 nitrogen and oxygen atoms in total. The van der Waals surface area contributed by atoms with Gasteiger partial charge in [0.05, 0.1) is 0 Å². The number of aryl methyl sites for hydroxylation is 2. The van der Waals surface area contributed by atoms with Crippen molar-refractivity contribution in [2.75, 3.05) is 5.32 Å². The number of hydrogen-bond donors (Lipinski definition) is 2. The van der Waals surface area contributed by atoms with Gasteiger partial charge in [0.1, 0.15) is 5.56 Å². The summed E-state index contributed by atoms with van der Waals surface area (Å²) in [6, 6.07) is 5.06. The molecular formula is C13H12ClN3O3. The summed E-state index contributed by atoms with van der Waals surface area (Å²) in [6.07, 6.45) is 1.28. The highest BCUT2D eigenvalue weighted by Gasteiger charge is 2.21. The lowest BCUT2D eigenvalue weighted by molar-refractivity contribution is 0.0692. The van der Waals surface area contributed by atoms with Crippen LogP contribution in [0.2, 0.25) is 5.02 Å². The molecule has 0 spiro atoms. The first-order valence-corrected chi connectivity index (χ1v) is 6.10. The molecule has 0 saturated heterocycles. The molecule has 2 N–H and O–H groups in total. The van der Waals surface area contributed by atoms with Crippen LogP contribution in [0, 0.1) is 6.92 Å². The van der Waals surface area contributed by atoms with Crippen LogP contribution in [-0.4, -0.2) is 26.8 Å². The van der Waals surface area contributed by atoms with Crippen molar-refractivity contribution in [3.8, 4) is 0 Å². The molecule has 0 atom stereocenters. The van der Waals surface area contributed by atoms with Crippen molar-refractivity contribution in [1.82, 2.24) is 9.78 Å². The Morgan fingerprint density at radius 1 is 1.40 bits per heavy atom. The van der Waals surface area contributed by atoms with Crippen molar-refractivity contribution < 1.29 is 14.7 Å². The number of benzene rings is 1. The maximum absolute atomic E-state index is 12.1. The Labute approximate surface area is 120 Å². The van der Waals surface area contributed by atoms with Crippen LogP contribution in [0.1, 0.15) is 26.4 Å². The molecule has 0 bridgehead atoms. The van der Waals surface area contributed by atoms with E-state index in [1.807, 2.05) is 6.92 Å². The van der Waals surface area contributed by atoms with Gasteiger partial charge in [0, 0.05) is 24.0 Å². The lowest BCUT2D eigenvalue weighted by Gasteiger charge is -2.07. The van der Waals surface area contributed by atoms with E-state index in [-0.39, 0.29) is 11.3 Å². The van der Waals surface area contributed by atoms with E-state index < -0.39 is 11.9 Å². The fourth-order valence-electron chi connectivity index (χ4n) is 1.72. The molecule has 1 heterocycles. The van der Waals surface area contributed by atoms with Gasteiger partial charge in [-0.3, -0.25) is 9.48 Å². The minimum Gasteiger partial charge on any atom is -0.478 e. The number of halogens is 1. The van der Waals surface area contributed by atoms with E-state index >= 15 is 0 Å². The zero-order valence-corrected chi connectivity index (χ0v) is 11.6. The molecule has 0 radical (unpaired) electrons. The third-order valence-electron chi connectivity index (χ3n) is 2.72. The molecule has 7 heteroatoms. The normalized spacial score (nSPS) is 10.3. The van der Waals surface area contributed by atoms with Crippen LogP contribution in [0.25, 0.3) is 0 Å². The van der Waals surface area contributed by atoms with Gasteiger partial charge in [-0.15, -0.1) is 0 Å². The minimum atomic E-state index is -1.20. The topological polar surface area (TPSA) is 84.2 Å². The van der Waals surface area contributed by atoms with Crippen molar-refractivity contribution in [2.24, 2.45) is 7.05 Å². The number of hydrogen-bond acceptors (Lipinski definition) is 3. The molecule has 0 aliphatic carbocycles. The monoisotopic (exact) mass is 293 g/mol. The van der Waals surface area contributed by atoms with Crippen LogP contribution in [0.4, 0.5) is 5.69 Å². The molecule has 0 fully saturated rings. The molecule has 0 saturated carbocycles. The zero-order chi connectivity index (χ0) is 14.9. The van der Waals surface area contributed by atoms with E-state index in [0.717, 1.165) is 5.56 Å². The number of carboxylic acid groups (broad SMARTS) is 1. The average Bonchev–Trinajstić information content (AvgIpc) is 2.76. The fraction of sp³-hybridized carbons (Fsp3) is 0.154. The maximum atomic E-state index is 12.1. The van der Waals surface area contributed by atoms with Gasteiger partial charge in [0.2, 0.25) is 0 Å². The molecule has 104 valence electrons. The highest BCUT2D eigenvalue weighted by Crippen LogP contribution is 2.21. The number of aromatic carboxylic acids is 1. The van der Waals surface area contributed by atoms with Gasteiger partial charge in [-0.05, 0) is 24.6 Å². The van der Waals surface area contributed by atoms with Crippen molar-refractivity contribution in [3.63, 3.8) is 0 Å². The van der Waals surface area contributed by atoms with E-state index in [9.17, 15) is 9.59 Å².